The van der Waals surface area contributed by atoms with E-state index in [0.717, 1.165) is 0 Å². The fraction of sp³-hybridized carbons (Fsp3) is 0.429. The van der Waals surface area contributed by atoms with Crippen LogP contribution >= 0.6 is 0 Å². The van der Waals surface area contributed by atoms with E-state index >= 15 is 0 Å². The van der Waals surface area contributed by atoms with Crippen LogP contribution in [0.2, 0.25) is 0 Å². The molecule has 1 rings (SSSR count). The van der Waals surface area contributed by atoms with Gasteiger partial charge in [-0.05, 0) is 0 Å². The van der Waals surface area contributed by atoms with Crippen molar-refractivity contribution in [1.82, 2.24) is 9.78 Å². The van der Waals surface area contributed by atoms with Crippen molar-refractivity contribution < 1.29 is 9.90 Å². The molecule has 0 bridgehead atoms. The highest BCUT2D eigenvalue weighted by Gasteiger charge is 1.98. The highest BCUT2D eigenvalue weighted by atomic mass is 16.3. The fourth-order valence-electron chi connectivity index (χ4n) is 0.836. The summed E-state index contributed by atoms with van der Waals surface area (Å²) in [6.07, 6.45) is 1.70. The van der Waals surface area contributed by atoms with Gasteiger partial charge in [0.1, 0.15) is 0 Å². The first-order chi connectivity index (χ1) is 5.72. The van der Waals surface area contributed by atoms with Crippen molar-refractivity contribution in [1.29, 1.82) is 0 Å². The molecule has 1 heterocycles. The summed E-state index contributed by atoms with van der Waals surface area (Å²) in [5.41, 5.74) is 0. The maximum Gasteiger partial charge on any atom is 0.222 e. The Hall–Kier alpha value is -1.36. The zero-order valence-corrected chi connectivity index (χ0v) is 6.82. The van der Waals surface area contributed by atoms with Gasteiger partial charge in [0.2, 0.25) is 5.91 Å². The number of aliphatic hydroxyl groups is 1. The Bertz CT molecular complexity index is 269. The first kappa shape index (κ1) is 8.73. The number of aliphatic hydroxyl groups excluding tert-OH is 1. The molecule has 0 aromatic carbocycles. The van der Waals surface area contributed by atoms with Gasteiger partial charge < -0.3 is 10.4 Å². The lowest BCUT2D eigenvalue weighted by atomic mass is 10.6. The molecule has 0 aliphatic rings. The van der Waals surface area contributed by atoms with Crippen molar-refractivity contribution in [3.63, 3.8) is 0 Å². The van der Waals surface area contributed by atoms with Crippen LogP contribution < -0.4 is 5.32 Å². The quantitative estimate of drug-likeness (QED) is 0.660. The van der Waals surface area contributed by atoms with Gasteiger partial charge in [0.05, 0.1) is 13.2 Å². The monoisotopic (exact) mass is 169 g/mol. The number of hydrogen-bond donors (Lipinski definition) is 2. The van der Waals surface area contributed by atoms with Crippen molar-refractivity contribution in [2.24, 2.45) is 0 Å². The number of amides is 1. The number of aromatic nitrogens is 2. The lowest BCUT2D eigenvalue weighted by Gasteiger charge is -1.96. The standard InChI is InChI=1S/C7H11N3O2/c1-6(12)8-7-2-3-10(9-7)4-5-11/h2-3,11H,4-5H2,1H3,(H,8,9,12). The van der Waals surface area contributed by atoms with E-state index in [9.17, 15) is 4.79 Å². The van der Waals surface area contributed by atoms with E-state index in [-0.39, 0.29) is 12.5 Å². The normalized spacial score (nSPS) is 9.83. The smallest absolute Gasteiger partial charge is 0.222 e. The summed E-state index contributed by atoms with van der Waals surface area (Å²) in [7, 11) is 0. The summed E-state index contributed by atoms with van der Waals surface area (Å²) in [6.45, 7) is 1.91. The second-order valence-electron chi connectivity index (χ2n) is 2.37. The van der Waals surface area contributed by atoms with Crippen molar-refractivity contribution >= 4 is 11.7 Å². The van der Waals surface area contributed by atoms with Gasteiger partial charge in [-0.1, -0.05) is 0 Å². The highest BCUT2D eigenvalue weighted by molar-refractivity contribution is 5.87. The number of anilines is 1. The van der Waals surface area contributed by atoms with Crippen molar-refractivity contribution in [3.8, 4) is 0 Å². The predicted molar refractivity (Wildman–Crippen MR) is 43.6 cm³/mol. The topological polar surface area (TPSA) is 67.2 Å². The summed E-state index contributed by atoms with van der Waals surface area (Å²) in [6, 6.07) is 1.68. The van der Waals surface area contributed by atoms with Crippen molar-refractivity contribution in [2.45, 2.75) is 13.5 Å². The summed E-state index contributed by atoms with van der Waals surface area (Å²) in [5.74, 6) is 0.361. The van der Waals surface area contributed by atoms with Gasteiger partial charge in [0.25, 0.3) is 0 Å². The molecule has 5 nitrogen and oxygen atoms in total. The van der Waals surface area contributed by atoms with E-state index in [1.54, 1.807) is 16.9 Å². The lowest BCUT2D eigenvalue weighted by Crippen LogP contribution is -2.08. The second kappa shape index (κ2) is 3.87. The molecule has 66 valence electrons. The zero-order valence-electron chi connectivity index (χ0n) is 6.82. The molecule has 0 aliphatic heterocycles. The number of nitrogens with zero attached hydrogens (tertiary/aromatic N) is 2. The van der Waals surface area contributed by atoms with Crippen LogP contribution in [0.5, 0.6) is 0 Å². The summed E-state index contributed by atoms with van der Waals surface area (Å²) in [5, 5.41) is 15.1. The van der Waals surface area contributed by atoms with Gasteiger partial charge in [-0.25, -0.2) is 0 Å². The largest absolute Gasteiger partial charge is 0.394 e. The summed E-state index contributed by atoms with van der Waals surface area (Å²) < 4.78 is 1.56. The molecule has 0 radical (unpaired) electrons. The van der Waals surface area contributed by atoms with Gasteiger partial charge in [-0.15, -0.1) is 0 Å². The highest BCUT2D eigenvalue weighted by Crippen LogP contribution is 2.00. The fourth-order valence-corrected chi connectivity index (χ4v) is 0.836. The Kier molecular flexibility index (Phi) is 2.82. The van der Waals surface area contributed by atoms with E-state index in [4.69, 9.17) is 5.11 Å². The van der Waals surface area contributed by atoms with Crippen LogP contribution in [0.4, 0.5) is 5.82 Å². The van der Waals surface area contributed by atoms with Gasteiger partial charge in [-0.3, -0.25) is 9.48 Å². The minimum Gasteiger partial charge on any atom is -0.394 e. The Morgan fingerprint density at radius 2 is 2.58 bits per heavy atom. The van der Waals surface area contributed by atoms with E-state index in [1.807, 2.05) is 0 Å². The van der Waals surface area contributed by atoms with Gasteiger partial charge in [-0.2, -0.15) is 5.10 Å². The molecule has 0 atom stereocenters. The van der Waals surface area contributed by atoms with E-state index in [1.165, 1.54) is 6.92 Å². The SMILES string of the molecule is CC(=O)Nc1ccn(CCO)n1. The number of carbonyl (C=O) groups excluding carboxylic acids is 1. The zero-order chi connectivity index (χ0) is 8.97. The van der Waals surface area contributed by atoms with Crippen molar-refractivity contribution in [2.75, 3.05) is 11.9 Å². The van der Waals surface area contributed by atoms with Crippen LogP contribution in [0.3, 0.4) is 0 Å². The maximum absolute atomic E-state index is 10.6. The molecule has 0 spiro atoms. The molecule has 1 amide bonds. The third kappa shape index (κ3) is 2.35. The van der Waals surface area contributed by atoms with Crippen molar-refractivity contribution in [3.05, 3.63) is 12.3 Å². The second-order valence-corrected chi connectivity index (χ2v) is 2.37. The summed E-state index contributed by atoms with van der Waals surface area (Å²) >= 11 is 0. The predicted octanol–water partition coefficient (Wildman–Crippen LogP) is -0.166. The number of rotatable bonds is 3. The van der Waals surface area contributed by atoms with Crippen LogP contribution in [0.1, 0.15) is 6.92 Å². The molecule has 0 saturated carbocycles. The maximum atomic E-state index is 10.6. The first-order valence-corrected chi connectivity index (χ1v) is 3.64. The van der Waals surface area contributed by atoms with E-state index in [2.05, 4.69) is 10.4 Å². The average molecular weight is 169 g/mol. The van der Waals surface area contributed by atoms with Crippen LogP contribution in [0.15, 0.2) is 12.3 Å². The Morgan fingerprint density at radius 3 is 3.17 bits per heavy atom. The number of carbonyl (C=O) groups is 1. The molecule has 0 saturated heterocycles. The third-order valence-corrected chi connectivity index (χ3v) is 1.27. The molecule has 0 unspecified atom stereocenters. The third-order valence-electron chi connectivity index (χ3n) is 1.27. The Morgan fingerprint density at radius 1 is 1.83 bits per heavy atom. The van der Waals surface area contributed by atoms with Crippen LogP contribution in [-0.2, 0) is 11.3 Å². The van der Waals surface area contributed by atoms with Crippen LogP contribution in [-0.4, -0.2) is 27.4 Å². The Labute approximate surface area is 70.0 Å². The molecule has 0 aliphatic carbocycles. The van der Waals surface area contributed by atoms with Crippen LogP contribution in [0, 0.1) is 0 Å². The number of nitrogens with one attached hydrogen (secondary N) is 1. The van der Waals surface area contributed by atoms with Gasteiger partial charge >= 0.3 is 0 Å². The lowest BCUT2D eigenvalue weighted by molar-refractivity contribution is -0.114. The molecule has 0 fully saturated rings. The molecule has 1 aromatic heterocycles. The molecular formula is C7H11N3O2. The minimum atomic E-state index is -0.149. The molecule has 1 aromatic rings. The molecular weight excluding hydrogens is 158 g/mol. The van der Waals surface area contributed by atoms with E-state index < -0.39 is 0 Å². The van der Waals surface area contributed by atoms with Gasteiger partial charge in [0.15, 0.2) is 5.82 Å². The summed E-state index contributed by atoms with van der Waals surface area (Å²) in [4.78, 5) is 10.6. The average Bonchev–Trinajstić information content (AvgIpc) is 2.36. The molecule has 12 heavy (non-hydrogen) atoms. The molecule has 2 N–H and O–H groups in total. The molecule has 5 heteroatoms. The minimum absolute atomic E-state index is 0.0428. The van der Waals surface area contributed by atoms with Gasteiger partial charge in [0, 0.05) is 19.2 Å². The Balaban J connectivity index is 2.58. The first-order valence-electron chi connectivity index (χ1n) is 3.64. The van der Waals surface area contributed by atoms with E-state index in [0.29, 0.717) is 12.4 Å². The number of hydrogen-bond acceptors (Lipinski definition) is 3. The van der Waals surface area contributed by atoms with Crippen LogP contribution in [0.25, 0.3) is 0 Å².